The minimum atomic E-state index is 0.508. The molecule has 0 unspecified atom stereocenters. The molecular weight excluding hydrogens is 815 g/mol. The van der Waals surface area contributed by atoms with Gasteiger partial charge >= 0.3 is 0 Å². The van der Waals surface area contributed by atoms with Crippen molar-refractivity contribution in [2.24, 2.45) is 5.73 Å². The monoisotopic (exact) mass is 869 g/mol. The number of nitrogens with two attached hydrogens (primary N) is 1. The lowest BCUT2D eigenvalue weighted by atomic mass is 9.93. The summed E-state index contributed by atoms with van der Waals surface area (Å²) in [5.74, 6) is 0. The van der Waals surface area contributed by atoms with Gasteiger partial charge in [-0.3, -0.25) is 0 Å². The Bertz CT molecular complexity index is 3200. The summed E-state index contributed by atoms with van der Waals surface area (Å²) >= 11 is 0. The molecule has 0 bridgehead atoms. The van der Waals surface area contributed by atoms with Crippen molar-refractivity contribution < 1.29 is 0 Å². The molecule has 3 aliphatic rings. The summed E-state index contributed by atoms with van der Waals surface area (Å²) in [5, 5.41) is 5.07. The number of aromatic nitrogens is 1. The van der Waals surface area contributed by atoms with E-state index >= 15 is 0 Å². The SMILES string of the molecule is Cc1ccc(N(c2ccc(-c3ccc(N(C4=CC(c5ccccc5)=C(Nc5ccccc5)CC4)c4ccc(CN)cc4)cc3)cc2)c2ccc3c(c2)c2c(n3C3=CC=CCC3)CCC=C2)cc1. The lowest BCUT2D eigenvalue weighted by molar-refractivity contribution is 0.863. The van der Waals surface area contributed by atoms with Crippen LogP contribution in [0.4, 0.5) is 34.1 Å². The summed E-state index contributed by atoms with van der Waals surface area (Å²) in [5.41, 5.74) is 27.8. The van der Waals surface area contributed by atoms with Gasteiger partial charge in [0.1, 0.15) is 0 Å². The number of fused-ring (bicyclic) bond motifs is 3. The van der Waals surface area contributed by atoms with Crippen LogP contribution < -0.4 is 20.9 Å². The molecule has 0 aliphatic heterocycles. The molecule has 1 aromatic heterocycles. The van der Waals surface area contributed by atoms with Gasteiger partial charge in [-0.2, -0.15) is 0 Å². The van der Waals surface area contributed by atoms with Gasteiger partial charge in [-0.1, -0.05) is 127 Å². The standard InChI is InChI=1S/C62H55N5/c1-44-21-29-51(30-22-44)65(56-38-40-62-59(42-56)57-19-11-12-20-61(57)67(62)50-17-9-4-10-18-50)53-33-25-46(26-34-53)47-27-35-54(36-28-47)66(52-31-23-45(43-63)24-32-52)55-37-39-60(64-49-15-7-3-8-16-49)58(41-55)48-13-5-2-6-14-48/h2-9,11,13-17,19,21-36,38,40-42,64H,10,12,18,20,37,39,43,63H2,1H3. The molecule has 5 nitrogen and oxygen atoms in total. The fourth-order valence-electron chi connectivity index (χ4n) is 10.1. The Labute approximate surface area is 394 Å². The number of hydrogen-bond donors (Lipinski definition) is 2. The predicted molar refractivity (Wildman–Crippen MR) is 284 cm³/mol. The smallest absolute Gasteiger partial charge is 0.0536 e. The third kappa shape index (κ3) is 8.46. The molecule has 0 fully saturated rings. The Balaban J connectivity index is 0.937. The average molecular weight is 870 g/mol. The van der Waals surface area contributed by atoms with E-state index in [2.05, 4.69) is 239 Å². The van der Waals surface area contributed by atoms with Crippen molar-refractivity contribution in [3.05, 3.63) is 246 Å². The maximum Gasteiger partial charge on any atom is 0.0536 e. The van der Waals surface area contributed by atoms with E-state index in [1.165, 1.54) is 67.1 Å². The largest absolute Gasteiger partial charge is 0.358 e. The van der Waals surface area contributed by atoms with Gasteiger partial charge in [0, 0.05) is 80.0 Å². The zero-order valence-corrected chi connectivity index (χ0v) is 38.1. The summed E-state index contributed by atoms with van der Waals surface area (Å²) < 4.78 is 2.54. The third-order valence-electron chi connectivity index (χ3n) is 13.5. The van der Waals surface area contributed by atoms with Crippen LogP contribution in [0, 0.1) is 6.92 Å². The van der Waals surface area contributed by atoms with Gasteiger partial charge < -0.3 is 25.4 Å². The second-order valence-corrected chi connectivity index (χ2v) is 17.8. The number of anilines is 6. The molecule has 0 atom stereocenters. The number of benzene rings is 7. The summed E-state index contributed by atoms with van der Waals surface area (Å²) in [4.78, 5) is 4.81. The van der Waals surface area contributed by atoms with E-state index in [4.69, 9.17) is 5.73 Å². The second-order valence-electron chi connectivity index (χ2n) is 17.8. The first-order valence-electron chi connectivity index (χ1n) is 23.8. The van der Waals surface area contributed by atoms with Crippen LogP contribution in [0.3, 0.4) is 0 Å². The molecule has 0 amide bonds. The van der Waals surface area contributed by atoms with Crippen molar-refractivity contribution in [1.29, 1.82) is 0 Å². The summed E-state index contributed by atoms with van der Waals surface area (Å²) in [6.07, 6.45) is 19.9. The highest BCUT2D eigenvalue weighted by Gasteiger charge is 2.24. The number of para-hydroxylation sites is 1. The molecule has 3 aliphatic carbocycles. The molecule has 328 valence electrons. The van der Waals surface area contributed by atoms with E-state index in [9.17, 15) is 0 Å². The molecule has 67 heavy (non-hydrogen) atoms. The lowest BCUT2D eigenvalue weighted by Gasteiger charge is -2.32. The van der Waals surface area contributed by atoms with Crippen molar-refractivity contribution in [3.8, 4) is 11.1 Å². The highest BCUT2D eigenvalue weighted by molar-refractivity contribution is 5.98. The molecule has 8 aromatic rings. The molecule has 5 heteroatoms. The number of allylic oxidation sites excluding steroid dienone is 9. The number of aryl methyl sites for hydroxylation is 1. The van der Waals surface area contributed by atoms with Gasteiger partial charge in [-0.15, -0.1) is 0 Å². The zero-order chi connectivity index (χ0) is 45.1. The van der Waals surface area contributed by atoms with Crippen LogP contribution in [0.25, 0.3) is 39.4 Å². The number of rotatable bonds is 12. The lowest BCUT2D eigenvalue weighted by Crippen LogP contribution is -2.20. The summed E-state index contributed by atoms with van der Waals surface area (Å²) in [7, 11) is 0. The van der Waals surface area contributed by atoms with Crippen molar-refractivity contribution >= 4 is 62.4 Å². The highest BCUT2D eigenvalue weighted by Crippen LogP contribution is 2.43. The van der Waals surface area contributed by atoms with Crippen LogP contribution in [0.15, 0.2) is 218 Å². The summed E-state index contributed by atoms with van der Waals surface area (Å²) in [6.45, 7) is 2.66. The molecule has 7 aromatic carbocycles. The van der Waals surface area contributed by atoms with Crippen LogP contribution in [-0.4, -0.2) is 4.57 Å². The fourth-order valence-corrected chi connectivity index (χ4v) is 10.1. The molecule has 0 radical (unpaired) electrons. The topological polar surface area (TPSA) is 49.5 Å². The van der Waals surface area contributed by atoms with E-state index in [1.807, 2.05) is 0 Å². The number of hydrogen-bond acceptors (Lipinski definition) is 4. The molecule has 11 rings (SSSR count). The number of nitrogens with zero attached hydrogens (tertiary/aromatic N) is 3. The Hall–Kier alpha value is -7.86. The van der Waals surface area contributed by atoms with E-state index in [0.29, 0.717) is 6.54 Å². The minimum Gasteiger partial charge on any atom is -0.358 e. The van der Waals surface area contributed by atoms with Crippen molar-refractivity contribution in [2.75, 3.05) is 15.1 Å². The average Bonchev–Trinajstić information content (AvgIpc) is 3.72. The Morgan fingerprint density at radius 1 is 0.567 bits per heavy atom. The van der Waals surface area contributed by atoms with Crippen LogP contribution in [0.1, 0.15) is 60.1 Å². The predicted octanol–water partition coefficient (Wildman–Crippen LogP) is 16.0. The van der Waals surface area contributed by atoms with E-state index in [1.54, 1.807) is 0 Å². The van der Waals surface area contributed by atoms with Gasteiger partial charge in [0.05, 0.1) is 5.52 Å². The van der Waals surface area contributed by atoms with Gasteiger partial charge in [0.25, 0.3) is 0 Å². The molecule has 0 saturated heterocycles. The Morgan fingerprint density at radius 2 is 1.18 bits per heavy atom. The minimum absolute atomic E-state index is 0.508. The molecule has 0 saturated carbocycles. The van der Waals surface area contributed by atoms with Gasteiger partial charge in [-0.25, -0.2) is 0 Å². The fraction of sp³-hybridized carbons (Fsp3) is 0.129. The van der Waals surface area contributed by atoms with Crippen LogP contribution in [0.2, 0.25) is 0 Å². The zero-order valence-electron chi connectivity index (χ0n) is 38.1. The first kappa shape index (κ1) is 41.8. The van der Waals surface area contributed by atoms with Gasteiger partial charge in [0.15, 0.2) is 0 Å². The normalized spacial score (nSPS) is 14.4. The van der Waals surface area contributed by atoms with Gasteiger partial charge in [-0.05, 0) is 159 Å². The van der Waals surface area contributed by atoms with Crippen molar-refractivity contribution in [2.45, 2.75) is 52.0 Å². The quantitative estimate of drug-likeness (QED) is 0.128. The second kappa shape index (κ2) is 18.6. The van der Waals surface area contributed by atoms with Crippen LogP contribution >= 0.6 is 0 Å². The number of nitrogens with one attached hydrogen (secondary N) is 1. The van der Waals surface area contributed by atoms with Crippen molar-refractivity contribution in [1.82, 2.24) is 4.57 Å². The Kier molecular flexibility index (Phi) is 11.6. The molecule has 3 N–H and O–H groups in total. The molecule has 0 spiro atoms. The van der Waals surface area contributed by atoms with Crippen LogP contribution in [-0.2, 0) is 13.0 Å². The van der Waals surface area contributed by atoms with E-state index < -0.39 is 0 Å². The van der Waals surface area contributed by atoms with Gasteiger partial charge in [0.2, 0.25) is 0 Å². The Morgan fingerprint density at radius 3 is 1.84 bits per heavy atom. The maximum absolute atomic E-state index is 6.07. The first-order chi connectivity index (χ1) is 33.1. The molecule has 1 heterocycles. The summed E-state index contributed by atoms with van der Waals surface area (Å²) in [6, 6.07) is 63.9. The van der Waals surface area contributed by atoms with E-state index in [-0.39, 0.29) is 0 Å². The molecular formula is C62H55N5. The first-order valence-corrected chi connectivity index (χ1v) is 23.8. The van der Waals surface area contributed by atoms with Crippen LogP contribution in [0.5, 0.6) is 0 Å². The van der Waals surface area contributed by atoms with Crippen molar-refractivity contribution in [3.63, 3.8) is 0 Å². The maximum atomic E-state index is 6.07. The third-order valence-corrected chi connectivity index (χ3v) is 13.5. The van der Waals surface area contributed by atoms with E-state index in [0.717, 1.165) is 78.2 Å². The highest BCUT2D eigenvalue weighted by atomic mass is 15.2.